The molecule has 1 unspecified atom stereocenters. The van der Waals surface area contributed by atoms with Gasteiger partial charge in [0.1, 0.15) is 27.8 Å². The molecule has 1 N–H and O–H groups in total. The first-order valence-corrected chi connectivity index (χ1v) is 8.66. The monoisotopic (exact) mass is 380 g/mol. The van der Waals surface area contributed by atoms with E-state index in [1.807, 2.05) is 0 Å². The predicted molar refractivity (Wildman–Crippen MR) is 97.4 cm³/mol. The van der Waals surface area contributed by atoms with Crippen LogP contribution in [0.1, 0.15) is 12.0 Å². The van der Waals surface area contributed by atoms with Crippen molar-refractivity contribution in [3.05, 3.63) is 46.3 Å². The van der Waals surface area contributed by atoms with Gasteiger partial charge in [-0.1, -0.05) is 29.3 Å². The molecule has 0 bridgehead atoms. The van der Waals surface area contributed by atoms with Gasteiger partial charge in [-0.15, -0.1) is 0 Å². The van der Waals surface area contributed by atoms with Crippen molar-refractivity contribution in [3.8, 4) is 5.75 Å². The zero-order valence-electron chi connectivity index (χ0n) is 13.7. The summed E-state index contributed by atoms with van der Waals surface area (Å²) < 4.78 is 5.94. The van der Waals surface area contributed by atoms with Crippen molar-refractivity contribution in [2.75, 3.05) is 25.5 Å². The molecule has 1 aliphatic rings. The summed E-state index contributed by atoms with van der Waals surface area (Å²) in [5.74, 6) is 0.726. The predicted octanol–water partition coefficient (Wildman–Crippen LogP) is 3.05. The number of likely N-dealkylation sites (tertiary alicyclic amines) is 1. The minimum atomic E-state index is -0.203. The topological polar surface area (TPSA) is 67.3 Å². The van der Waals surface area contributed by atoms with Crippen molar-refractivity contribution in [2.24, 2.45) is 0 Å². The Morgan fingerprint density at radius 3 is 2.88 bits per heavy atom. The first kappa shape index (κ1) is 17.9. The van der Waals surface area contributed by atoms with E-state index in [-0.39, 0.29) is 18.4 Å². The van der Waals surface area contributed by atoms with Crippen LogP contribution in [0.4, 0.5) is 5.82 Å². The maximum atomic E-state index is 12.2. The van der Waals surface area contributed by atoms with E-state index in [2.05, 4.69) is 27.2 Å². The van der Waals surface area contributed by atoms with Gasteiger partial charge in [-0.05, 0) is 25.1 Å². The van der Waals surface area contributed by atoms with E-state index in [1.54, 1.807) is 24.4 Å². The normalized spacial score (nSPS) is 17.5. The Hall–Kier alpha value is -1.89. The third-order valence-electron chi connectivity index (χ3n) is 3.88. The standard InChI is InChI=1S/C17H18Cl2N4O2/c1-23-5-4-12(10-23)25-14-7-16(21-9-13(14)18)22-17(24)6-11-2-3-15(19)20-8-11/h2-3,7-9,12H,4-6,10H2,1H3,(H,21,22,24). The third kappa shape index (κ3) is 5.04. The number of rotatable bonds is 5. The van der Waals surface area contributed by atoms with Gasteiger partial charge in [0.15, 0.2) is 0 Å². The summed E-state index contributed by atoms with van der Waals surface area (Å²) in [7, 11) is 2.05. The van der Waals surface area contributed by atoms with Crippen LogP contribution in [-0.4, -0.2) is 47.0 Å². The number of hydrogen-bond donors (Lipinski definition) is 1. The van der Waals surface area contributed by atoms with E-state index < -0.39 is 0 Å². The summed E-state index contributed by atoms with van der Waals surface area (Å²) >= 11 is 11.9. The lowest BCUT2D eigenvalue weighted by atomic mass is 10.2. The zero-order valence-corrected chi connectivity index (χ0v) is 15.2. The molecule has 0 aromatic carbocycles. The number of anilines is 1. The molecular formula is C17H18Cl2N4O2. The van der Waals surface area contributed by atoms with Gasteiger partial charge in [0, 0.05) is 25.4 Å². The van der Waals surface area contributed by atoms with E-state index in [0.717, 1.165) is 25.1 Å². The molecule has 3 rings (SSSR count). The molecular weight excluding hydrogens is 363 g/mol. The quantitative estimate of drug-likeness (QED) is 0.807. The molecule has 132 valence electrons. The molecule has 1 amide bonds. The van der Waals surface area contributed by atoms with Crippen molar-refractivity contribution in [1.82, 2.24) is 14.9 Å². The van der Waals surface area contributed by atoms with Gasteiger partial charge in [-0.3, -0.25) is 4.79 Å². The Kier molecular flexibility index (Phi) is 5.73. The largest absolute Gasteiger partial charge is 0.487 e. The molecule has 0 saturated carbocycles. The molecule has 25 heavy (non-hydrogen) atoms. The van der Waals surface area contributed by atoms with E-state index in [1.165, 1.54) is 6.20 Å². The Labute approximate surface area is 156 Å². The smallest absolute Gasteiger partial charge is 0.230 e. The summed E-state index contributed by atoms with van der Waals surface area (Å²) in [5, 5.41) is 3.56. The van der Waals surface area contributed by atoms with E-state index in [9.17, 15) is 4.79 Å². The van der Waals surface area contributed by atoms with Crippen molar-refractivity contribution >= 4 is 34.9 Å². The lowest BCUT2D eigenvalue weighted by Crippen LogP contribution is -2.21. The van der Waals surface area contributed by atoms with Crippen LogP contribution in [0.5, 0.6) is 5.75 Å². The van der Waals surface area contributed by atoms with Crippen molar-refractivity contribution < 1.29 is 9.53 Å². The molecule has 1 saturated heterocycles. The fourth-order valence-electron chi connectivity index (χ4n) is 2.63. The van der Waals surface area contributed by atoms with Gasteiger partial charge in [-0.25, -0.2) is 9.97 Å². The first-order valence-electron chi connectivity index (χ1n) is 7.90. The number of nitrogens with one attached hydrogen (secondary N) is 1. The Bertz CT molecular complexity index is 755. The number of aromatic nitrogens is 2. The van der Waals surface area contributed by atoms with E-state index in [4.69, 9.17) is 27.9 Å². The second kappa shape index (κ2) is 7.99. The van der Waals surface area contributed by atoms with Gasteiger partial charge in [-0.2, -0.15) is 0 Å². The van der Waals surface area contributed by atoms with Crippen LogP contribution >= 0.6 is 23.2 Å². The van der Waals surface area contributed by atoms with Crippen LogP contribution in [0, 0.1) is 0 Å². The fourth-order valence-corrected chi connectivity index (χ4v) is 2.89. The number of pyridine rings is 2. The van der Waals surface area contributed by atoms with Crippen LogP contribution in [0.3, 0.4) is 0 Å². The number of likely N-dealkylation sites (N-methyl/N-ethyl adjacent to an activating group) is 1. The van der Waals surface area contributed by atoms with Crippen molar-refractivity contribution in [3.63, 3.8) is 0 Å². The highest BCUT2D eigenvalue weighted by Gasteiger charge is 2.22. The van der Waals surface area contributed by atoms with Crippen LogP contribution in [0.15, 0.2) is 30.6 Å². The fraction of sp³-hybridized carbons (Fsp3) is 0.353. The van der Waals surface area contributed by atoms with Crippen LogP contribution in [-0.2, 0) is 11.2 Å². The average Bonchev–Trinajstić information content (AvgIpc) is 2.98. The number of hydrogen-bond acceptors (Lipinski definition) is 5. The molecule has 0 spiro atoms. The van der Waals surface area contributed by atoms with Gasteiger partial charge in [0.25, 0.3) is 0 Å². The number of halogens is 2. The van der Waals surface area contributed by atoms with Crippen LogP contribution in [0.25, 0.3) is 0 Å². The number of carbonyl (C=O) groups excluding carboxylic acids is 1. The molecule has 6 nitrogen and oxygen atoms in total. The van der Waals surface area contributed by atoms with Gasteiger partial charge in [0.2, 0.25) is 5.91 Å². The second-order valence-electron chi connectivity index (χ2n) is 6.00. The molecule has 1 fully saturated rings. The maximum absolute atomic E-state index is 12.2. The minimum absolute atomic E-state index is 0.0913. The average molecular weight is 381 g/mol. The molecule has 1 aliphatic heterocycles. The molecule has 2 aromatic heterocycles. The number of ether oxygens (including phenoxy) is 1. The Morgan fingerprint density at radius 1 is 1.36 bits per heavy atom. The Balaban J connectivity index is 1.63. The number of amides is 1. The molecule has 3 heterocycles. The zero-order chi connectivity index (χ0) is 17.8. The molecule has 8 heteroatoms. The lowest BCUT2D eigenvalue weighted by molar-refractivity contribution is -0.115. The van der Waals surface area contributed by atoms with Crippen LogP contribution in [0.2, 0.25) is 10.2 Å². The number of nitrogens with zero attached hydrogens (tertiary/aromatic N) is 3. The SMILES string of the molecule is CN1CCC(Oc2cc(NC(=O)Cc3ccc(Cl)nc3)ncc2Cl)C1. The summed E-state index contributed by atoms with van der Waals surface area (Å²) in [6, 6.07) is 5.06. The first-order chi connectivity index (χ1) is 12.0. The maximum Gasteiger partial charge on any atom is 0.230 e. The highest BCUT2D eigenvalue weighted by molar-refractivity contribution is 6.32. The molecule has 0 aliphatic carbocycles. The molecule has 0 radical (unpaired) electrons. The van der Waals surface area contributed by atoms with E-state index >= 15 is 0 Å². The highest BCUT2D eigenvalue weighted by atomic mass is 35.5. The Morgan fingerprint density at radius 2 is 2.20 bits per heavy atom. The molecule has 1 atom stereocenters. The van der Waals surface area contributed by atoms with Gasteiger partial charge < -0.3 is 15.0 Å². The minimum Gasteiger partial charge on any atom is -0.487 e. The summed E-state index contributed by atoms with van der Waals surface area (Å²) in [4.78, 5) is 22.4. The van der Waals surface area contributed by atoms with Gasteiger partial charge in [0.05, 0.1) is 12.6 Å². The summed E-state index contributed by atoms with van der Waals surface area (Å²) in [5.41, 5.74) is 0.765. The lowest BCUT2D eigenvalue weighted by Gasteiger charge is -2.15. The summed E-state index contributed by atoms with van der Waals surface area (Å²) in [6.07, 6.45) is 4.27. The second-order valence-corrected chi connectivity index (χ2v) is 6.80. The highest BCUT2D eigenvalue weighted by Crippen LogP contribution is 2.28. The molecule has 2 aromatic rings. The van der Waals surface area contributed by atoms with Crippen molar-refractivity contribution in [2.45, 2.75) is 18.9 Å². The summed E-state index contributed by atoms with van der Waals surface area (Å²) in [6.45, 7) is 1.84. The van der Waals surface area contributed by atoms with Crippen molar-refractivity contribution in [1.29, 1.82) is 0 Å². The number of carbonyl (C=O) groups is 1. The van der Waals surface area contributed by atoms with Gasteiger partial charge >= 0.3 is 0 Å². The van der Waals surface area contributed by atoms with Crippen LogP contribution < -0.4 is 10.1 Å². The van der Waals surface area contributed by atoms with E-state index in [0.29, 0.717) is 21.7 Å². The third-order valence-corrected chi connectivity index (χ3v) is 4.39.